The lowest BCUT2D eigenvalue weighted by molar-refractivity contribution is -0.148. The molecule has 4 amide bonds. The molecule has 0 spiro atoms. The fourth-order valence-corrected chi connectivity index (χ4v) is 1.95. The zero-order valence-electron chi connectivity index (χ0n) is 9.96. The van der Waals surface area contributed by atoms with Crippen LogP contribution in [0.4, 0.5) is 4.79 Å². The molecule has 0 unspecified atom stereocenters. The number of nitrogens with one attached hydrogen (secondary N) is 1. The molecular weight excluding hydrogens is 208 g/mol. The van der Waals surface area contributed by atoms with Crippen molar-refractivity contribution >= 4 is 17.8 Å². The van der Waals surface area contributed by atoms with Crippen LogP contribution in [-0.4, -0.2) is 29.8 Å². The van der Waals surface area contributed by atoms with E-state index in [0.29, 0.717) is 12.0 Å². The zero-order chi connectivity index (χ0) is 12.5. The summed E-state index contributed by atoms with van der Waals surface area (Å²) in [5, 5.41) is 2.20. The molecule has 88 valence electrons. The molecule has 0 bridgehead atoms. The number of barbiturate groups is 1. The van der Waals surface area contributed by atoms with E-state index < -0.39 is 23.3 Å². The van der Waals surface area contributed by atoms with Crippen LogP contribution >= 0.6 is 0 Å². The highest BCUT2D eigenvalue weighted by molar-refractivity contribution is 6.20. The molecule has 0 radical (unpaired) electrons. The van der Waals surface area contributed by atoms with Crippen molar-refractivity contribution in [1.82, 2.24) is 10.2 Å². The average molecular weight is 224 g/mol. The van der Waals surface area contributed by atoms with Gasteiger partial charge in [0, 0.05) is 7.05 Å². The van der Waals surface area contributed by atoms with Crippen LogP contribution in [0.25, 0.3) is 0 Å². The molecule has 5 heteroatoms. The van der Waals surface area contributed by atoms with Gasteiger partial charge in [-0.15, -0.1) is 0 Å². The number of urea groups is 1. The monoisotopic (exact) mass is 224 g/mol. The molecule has 0 aliphatic carbocycles. The van der Waals surface area contributed by atoms with E-state index in [0.717, 1.165) is 4.90 Å². The molecular formula is C11H16N2O3. The summed E-state index contributed by atoms with van der Waals surface area (Å²) in [5.74, 6) is -0.988. The van der Waals surface area contributed by atoms with Gasteiger partial charge in [-0.3, -0.25) is 19.8 Å². The lowest BCUT2D eigenvalue weighted by Crippen LogP contribution is -2.62. The Balaban J connectivity index is 3.33. The molecule has 0 aromatic rings. The Morgan fingerprint density at radius 3 is 2.44 bits per heavy atom. The Bertz CT molecular complexity index is 387. The second-order valence-electron chi connectivity index (χ2n) is 3.85. The van der Waals surface area contributed by atoms with Crippen molar-refractivity contribution in [2.24, 2.45) is 5.41 Å². The summed E-state index contributed by atoms with van der Waals surface area (Å²) in [6.07, 6.45) is 2.07. The predicted octanol–water partition coefficient (Wildman–Crippen LogP) is 1.06. The number of nitrogens with zero attached hydrogens (tertiary/aromatic N) is 1. The first kappa shape index (κ1) is 12.4. The molecule has 0 aromatic heterocycles. The molecule has 1 rings (SSSR count). The smallest absolute Gasteiger partial charge is 0.276 e. The minimum absolute atomic E-state index is 0.339. The average Bonchev–Trinajstić information content (AvgIpc) is 2.27. The van der Waals surface area contributed by atoms with Crippen molar-refractivity contribution in [2.45, 2.75) is 27.2 Å². The Morgan fingerprint density at radius 1 is 1.44 bits per heavy atom. The maximum atomic E-state index is 12.1. The van der Waals surface area contributed by atoms with Gasteiger partial charge in [0.1, 0.15) is 5.41 Å². The molecule has 1 heterocycles. The lowest BCUT2D eigenvalue weighted by atomic mass is 9.75. The van der Waals surface area contributed by atoms with Crippen LogP contribution in [0.15, 0.2) is 11.6 Å². The van der Waals surface area contributed by atoms with Gasteiger partial charge in [-0.25, -0.2) is 4.79 Å². The first-order chi connectivity index (χ1) is 7.41. The van der Waals surface area contributed by atoms with E-state index in [1.165, 1.54) is 7.05 Å². The second kappa shape index (κ2) is 4.08. The van der Waals surface area contributed by atoms with Crippen molar-refractivity contribution in [2.75, 3.05) is 7.05 Å². The Morgan fingerprint density at radius 2 is 2.00 bits per heavy atom. The Labute approximate surface area is 94.5 Å². The van der Waals surface area contributed by atoms with Crippen molar-refractivity contribution in [3.63, 3.8) is 0 Å². The molecule has 1 saturated heterocycles. The number of rotatable bonds is 2. The van der Waals surface area contributed by atoms with Crippen LogP contribution in [0.2, 0.25) is 0 Å². The minimum atomic E-state index is -1.22. The third-order valence-corrected chi connectivity index (χ3v) is 3.22. The summed E-state index contributed by atoms with van der Waals surface area (Å²) >= 11 is 0. The molecule has 1 aliphatic heterocycles. The van der Waals surface area contributed by atoms with Gasteiger partial charge < -0.3 is 0 Å². The van der Waals surface area contributed by atoms with Gasteiger partial charge in [0.2, 0.25) is 11.8 Å². The largest absolute Gasteiger partial charge is 0.330 e. The van der Waals surface area contributed by atoms with Crippen molar-refractivity contribution < 1.29 is 14.4 Å². The second-order valence-corrected chi connectivity index (χ2v) is 3.85. The fraction of sp³-hybridized carbons (Fsp3) is 0.545. The predicted molar refractivity (Wildman–Crippen MR) is 58.5 cm³/mol. The normalized spacial score (nSPS) is 27.1. The van der Waals surface area contributed by atoms with E-state index in [4.69, 9.17) is 0 Å². The number of amides is 4. The highest BCUT2D eigenvalue weighted by Gasteiger charge is 2.52. The number of allylic oxidation sites excluding steroid dienone is 1. The zero-order valence-corrected chi connectivity index (χ0v) is 9.96. The number of imide groups is 2. The standard InChI is InChI=1S/C11H16N2O3/c1-5-7(3)11(6-2)8(14)12-10(16)13(4)9(11)15/h5H,6H2,1-4H3,(H,12,14,16)/b7-5+/t11-/m1/s1. The van der Waals surface area contributed by atoms with Gasteiger partial charge in [0.05, 0.1) is 0 Å². The molecule has 1 N–H and O–H groups in total. The molecule has 1 aliphatic rings. The molecule has 0 aromatic carbocycles. The van der Waals surface area contributed by atoms with Crippen molar-refractivity contribution in [3.8, 4) is 0 Å². The van der Waals surface area contributed by atoms with Crippen LogP contribution in [0.3, 0.4) is 0 Å². The van der Waals surface area contributed by atoms with E-state index in [1.807, 2.05) is 0 Å². The van der Waals surface area contributed by atoms with Gasteiger partial charge in [-0.05, 0) is 20.3 Å². The van der Waals surface area contributed by atoms with E-state index in [2.05, 4.69) is 5.32 Å². The third-order valence-electron chi connectivity index (χ3n) is 3.22. The molecule has 5 nitrogen and oxygen atoms in total. The van der Waals surface area contributed by atoms with Crippen molar-refractivity contribution in [3.05, 3.63) is 11.6 Å². The van der Waals surface area contributed by atoms with Crippen LogP contribution in [-0.2, 0) is 9.59 Å². The summed E-state index contributed by atoms with van der Waals surface area (Å²) in [7, 11) is 1.37. The maximum Gasteiger partial charge on any atom is 0.330 e. The Kier molecular flexibility index (Phi) is 3.16. The number of carbonyl (C=O) groups is 3. The SMILES string of the molecule is C/C=C(\C)[C@]1(CC)C(=O)NC(=O)N(C)C1=O. The summed E-state index contributed by atoms with van der Waals surface area (Å²) in [4.78, 5) is 36.2. The molecule has 16 heavy (non-hydrogen) atoms. The number of carbonyl (C=O) groups excluding carboxylic acids is 3. The molecule has 1 fully saturated rings. The van der Waals surface area contributed by atoms with Gasteiger partial charge in [-0.1, -0.05) is 18.6 Å². The van der Waals surface area contributed by atoms with Crippen LogP contribution in [0, 0.1) is 5.41 Å². The highest BCUT2D eigenvalue weighted by Crippen LogP contribution is 2.35. The summed E-state index contributed by atoms with van der Waals surface area (Å²) in [6.45, 7) is 5.25. The van der Waals surface area contributed by atoms with Gasteiger partial charge in [0.15, 0.2) is 0 Å². The van der Waals surface area contributed by atoms with E-state index in [-0.39, 0.29) is 0 Å². The fourth-order valence-electron chi connectivity index (χ4n) is 1.95. The quantitative estimate of drug-likeness (QED) is 0.563. The summed E-state index contributed by atoms with van der Waals surface area (Å²) < 4.78 is 0. The van der Waals surface area contributed by atoms with E-state index >= 15 is 0 Å². The van der Waals surface area contributed by atoms with E-state index in [1.54, 1.807) is 26.8 Å². The first-order valence-electron chi connectivity index (χ1n) is 5.18. The summed E-state index contributed by atoms with van der Waals surface area (Å²) in [5.41, 5.74) is -0.561. The highest BCUT2D eigenvalue weighted by atomic mass is 16.2. The van der Waals surface area contributed by atoms with Crippen LogP contribution in [0.1, 0.15) is 27.2 Å². The minimum Gasteiger partial charge on any atom is -0.276 e. The van der Waals surface area contributed by atoms with Crippen LogP contribution in [0.5, 0.6) is 0 Å². The Hall–Kier alpha value is -1.65. The lowest BCUT2D eigenvalue weighted by Gasteiger charge is -2.37. The van der Waals surface area contributed by atoms with Gasteiger partial charge in [-0.2, -0.15) is 0 Å². The van der Waals surface area contributed by atoms with Gasteiger partial charge in [0.25, 0.3) is 0 Å². The molecule has 1 atom stereocenters. The van der Waals surface area contributed by atoms with Gasteiger partial charge >= 0.3 is 6.03 Å². The topological polar surface area (TPSA) is 66.5 Å². The third kappa shape index (κ3) is 1.43. The maximum absolute atomic E-state index is 12.1. The number of hydrogen-bond donors (Lipinski definition) is 1. The van der Waals surface area contributed by atoms with Crippen molar-refractivity contribution in [1.29, 1.82) is 0 Å². The molecule has 0 saturated carbocycles. The first-order valence-corrected chi connectivity index (χ1v) is 5.18. The number of hydrogen-bond acceptors (Lipinski definition) is 3. The summed E-state index contributed by atoms with van der Waals surface area (Å²) in [6, 6.07) is -0.664. The van der Waals surface area contributed by atoms with E-state index in [9.17, 15) is 14.4 Å². The van der Waals surface area contributed by atoms with Crippen LogP contribution < -0.4 is 5.32 Å².